The van der Waals surface area contributed by atoms with E-state index in [1.54, 1.807) is 26.8 Å². The highest BCUT2D eigenvalue weighted by atomic mass is 16.6. The summed E-state index contributed by atoms with van der Waals surface area (Å²) < 4.78 is 5.02. The summed E-state index contributed by atoms with van der Waals surface area (Å²) in [4.78, 5) is 22.0. The van der Waals surface area contributed by atoms with E-state index in [9.17, 15) is 14.7 Å². The molecule has 2 N–H and O–H groups in total. The molecule has 5 nitrogen and oxygen atoms in total. The molecule has 0 aliphatic heterocycles. The number of benzene rings is 1. The van der Waals surface area contributed by atoms with E-state index in [0.717, 1.165) is 0 Å². The van der Waals surface area contributed by atoms with Crippen molar-refractivity contribution in [2.24, 2.45) is 0 Å². The van der Waals surface area contributed by atoms with Gasteiger partial charge in [-0.15, -0.1) is 0 Å². The van der Waals surface area contributed by atoms with Crippen molar-refractivity contribution in [2.45, 2.75) is 26.4 Å². The molecule has 0 saturated carbocycles. The Morgan fingerprint density at radius 1 is 1.41 bits per heavy atom. The van der Waals surface area contributed by atoms with Crippen molar-refractivity contribution in [3.05, 3.63) is 23.8 Å². The third kappa shape index (κ3) is 3.79. The Balaban J connectivity index is 2.82. The number of aromatic hydroxyl groups is 1. The molecule has 17 heavy (non-hydrogen) atoms. The second-order valence-electron chi connectivity index (χ2n) is 4.49. The highest BCUT2D eigenvalue weighted by Crippen LogP contribution is 2.26. The minimum absolute atomic E-state index is 0.110. The molecule has 1 amide bonds. The van der Waals surface area contributed by atoms with Crippen molar-refractivity contribution in [3.8, 4) is 5.75 Å². The molecule has 1 aromatic carbocycles. The third-order valence-electron chi connectivity index (χ3n) is 1.83. The monoisotopic (exact) mass is 237 g/mol. The lowest BCUT2D eigenvalue weighted by Gasteiger charge is -2.20. The van der Waals surface area contributed by atoms with Crippen LogP contribution in [-0.4, -0.2) is 23.1 Å². The molecule has 0 unspecified atom stereocenters. The van der Waals surface area contributed by atoms with Crippen LogP contribution in [0, 0.1) is 0 Å². The van der Waals surface area contributed by atoms with Gasteiger partial charge in [0, 0.05) is 0 Å². The van der Waals surface area contributed by atoms with Crippen molar-refractivity contribution in [1.82, 2.24) is 0 Å². The van der Waals surface area contributed by atoms with Crippen molar-refractivity contribution < 1.29 is 19.4 Å². The van der Waals surface area contributed by atoms with Crippen LogP contribution in [0.3, 0.4) is 0 Å². The van der Waals surface area contributed by atoms with E-state index >= 15 is 0 Å². The summed E-state index contributed by atoms with van der Waals surface area (Å²) in [5.41, 5.74) is -0.371. The van der Waals surface area contributed by atoms with Crippen LogP contribution in [0.5, 0.6) is 5.75 Å². The molecule has 0 fully saturated rings. The standard InChI is InChI=1S/C12H15NO4/c1-12(2,3)17-11(16)13-9-6-4-5-8(7-14)10(9)15/h4-7,15H,1-3H3,(H,13,16). The quantitative estimate of drug-likeness (QED) is 0.612. The number of amides is 1. The van der Waals surface area contributed by atoms with Gasteiger partial charge in [-0.3, -0.25) is 10.1 Å². The molecule has 0 bridgehead atoms. The van der Waals surface area contributed by atoms with E-state index < -0.39 is 11.7 Å². The number of rotatable bonds is 2. The Bertz CT molecular complexity index is 435. The van der Waals surface area contributed by atoms with Gasteiger partial charge in [0.25, 0.3) is 0 Å². The fourth-order valence-corrected chi connectivity index (χ4v) is 1.17. The van der Waals surface area contributed by atoms with Crippen molar-refractivity contribution >= 4 is 18.1 Å². The van der Waals surface area contributed by atoms with Gasteiger partial charge in [0.15, 0.2) is 6.29 Å². The molecule has 0 aromatic heterocycles. The first-order chi connectivity index (χ1) is 7.83. The first-order valence-electron chi connectivity index (χ1n) is 5.10. The number of para-hydroxylation sites is 1. The van der Waals surface area contributed by atoms with Gasteiger partial charge in [-0.25, -0.2) is 4.79 Å². The van der Waals surface area contributed by atoms with Crippen molar-refractivity contribution in [2.75, 3.05) is 5.32 Å². The molecular weight excluding hydrogens is 222 g/mol. The summed E-state index contributed by atoms with van der Waals surface area (Å²) in [6.45, 7) is 5.19. The van der Waals surface area contributed by atoms with E-state index in [1.807, 2.05) is 0 Å². The second kappa shape index (κ2) is 4.86. The molecule has 0 spiro atoms. The predicted molar refractivity (Wildman–Crippen MR) is 63.4 cm³/mol. The number of anilines is 1. The van der Waals surface area contributed by atoms with Crippen LogP contribution in [0.15, 0.2) is 18.2 Å². The van der Waals surface area contributed by atoms with E-state index in [0.29, 0.717) is 6.29 Å². The second-order valence-corrected chi connectivity index (χ2v) is 4.49. The van der Waals surface area contributed by atoms with Crippen LogP contribution in [-0.2, 0) is 4.74 Å². The zero-order valence-electron chi connectivity index (χ0n) is 9.98. The number of ether oxygens (including phenoxy) is 1. The minimum Gasteiger partial charge on any atom is -0.505 e. The molecule has 0 radical (unpaired) electrons. The number of nitrogens with one attached hydrogen (secondary N) is 1. The maximum atomic E-state index is 11.4. The molecule has 0 aliphatic rings. The zero-order valence-corrected chi connectivity index (χ0v) is 9.98. The molecule has 0 aliphatic carbocycles. The molecule has 0 atom stereocenters. The Morgan fingerprint density at radius 2 is 2.06 bits per heavy atom. The Labute approximate surface area is 99.4 Å². The number of carbonyl (C=O) groups excluding carboxylic acids is 2. The van der Waals surface area contributed by atoms with E-state index in [2.05, 4.69) is 5.32 Å². The molecule has 92 valence electrons. The van der Waals surface area contributed by atoms with Crippen LogP contribution in [0.2, 0.25) is 0 Å². The fourth-order valence-electron chi connectivity index (χ4n) is 1.17. The summed E-state index contributed by atoms with van der Waals surface area (Å²) in [6.07, 6.45) is -0.175. The Kier molecular flexibility index (Phi) is 3.73. The maximum Gasteiger partial charge on any atom is 0.412 e. The molecule has 5 heteroatoms. The normalized spacial score (nSPS) is 10.8. The lowest BCUT2D eigenvalue weighted by molar-refractivity contribution is 0.0635. The molecular formula is C12H15NO4. The van der Waals surface area contributed by atoms with Gasteiger partial charge < -0.3 is 9.84 Å². The lowest BCUT2D eigenvalue weighted by atomic mass is 10.2. The van der Waals surface area contributed by atoms with Crippen molar-refractivity contribution in [1.29, 1.82) is 0 Å². The lowest BCUT2D eigenvalue weighted by Crippen LogP contribution is -2.27. The summed E-state index contributed by atoms with van der Waals surface area (Å²) in [7, 11) is 0. The van der Waals surface area contributed by atoms with Gasteiger partial charge in [-0.1, -0.05) is 6.07 Å². The number of carbonyl (C=O) groups is 2. The average molecular weight is 237 g/mol. The zero-order chi connectivity index (χ0) is 13.1. The van der Waals surface area contributed by atoms with E-state index in [4.69, 9.17) is 4.74 Å². The smallest absolute Gasteiger partial charge is 0.412 e. The average Bonchev–Trinajstić information content (AvgIpc) is 2.18. The predicted octanol–water partition coefficient (Wildman–Crippen LogP) is 2.55. The maximum absolute atomic E-state index is 11.4. The molecule has 0 saturated heterocycles. The summed E-state index contributed by atoms with van der Waals surface area (Å²) in [5, 5.41) is 12.0. The van der Waals surface area contributed by atoms with Crippen LogP contribution in [0.25, 0.3) is 0 Å². The number of phenolic OH excluding ortho intramolecular Hbond substituents is 1. The first-order valence-corrected chi connectivity index (χ1v) is 5.10. The van der Waals surface area contributed by atoms with Gasteiger partial charge in [0.1, 0.15) is 11.4 Å². The number of aldehydes is 1. The van der Waals surface area contributed by atoms with Crippen LogP contribution < -0.4 is 5.32 Å². The molecule has 1 rings (SSSR count). The van der Waals surface area contributed by atoms with Gasteiger partial charge in [0.2, 0.25) is 0 Å². The van der Waals surface area contributed by atoms with Crippen LogP contribution in [0.4, 0.5) is 10.5 Å². The van der Waals surface area contributed by atoms with Gasteiger partial charge in [-0.05, 0) is 32.9 Å². The first kappa shape index (κ1) is 13.0. The summed E-state index contributed by atoms with van der Waals surface area (Å²) >= 11 is 0. The van der Waals surface area contributed by atoms with E-state index in [-0.39, 0.29) is 17.0 Å². The number of phenols is 1. The Hall–Kier alpha value is -2.04. The van der Waals surface area contributed by atoms with Gasteiger partial charge >= 0.3 is 6.09 Å². The fraction of sp³-hybridized carbons (Fsp3) is 0.333. The largest absolute Gasteiger partial charge is 0.505 e. The van der Waals surface area contributed by atoms with Gasteiger partial charge in [0.05, 0.1) is 11.3 Å². The summed E-state index contributed by atoms with van der Waals surface area (Å²) in [5.74, 6) is -0.270. The molecule has 1 aromatic rings. The van der Waals surface area contributed by atoms with Crippen LogP contribution in [0.1, 0.15) is 31.1 Å². The highest BCUT2D eigenvalue weighted by molar-refractivity contribution is 5.91. The number of hydrogen-bond donors (Lipinski definition) is 2. The van der Waals surface area contributed by atoms with Crippen LogP contribution >= 0.6 is 0 Å². The minimum atomic E-state index is -0.684. The molecule has 0 heterocycles. The van der Waals surface area contributed by atoms with Gasteiger partial charge in [-0.2, -0.15) is 0 Å². The van der Waals surface area contributed by atoms with E-state index in [1.165, 1.54) is 12.1 Å². The SMILES string of the molecule is CC(C)(C)OC(=O)Nc1cccc(C=O)c1O. The topological polar surface area (TPSA) is 75.6 Å². The highest BCUT2D eigenvalue weighted by Gasteiger charge is 2.17. The summed E-state index contributed by atoms with van der Waals surface area (Å²) in [6, 6.07) is 4.48. The van der Waals surface area contributed by atoms with Crippen molar-refractivity contribution in [3.63, 3.8) is 0 Å². The third-order valence-corrected chi connectivity index (χ3v) is 1.83. The number of hydrogen-bond acceptors (Lipinski definition) is 4. The Morgan fingerprint density at radius 3 is 2.59 bits per heavy atom.